The highest BCUT2D eigenvalue weighted by Gasteiger charge is 2.26. The van der Waals surface area contributed by atoms with Gasteiger partial charge in [-0.1, -0.05) is 26.7 Å². The lowest BCUT2D eigenvalue weighted by Crippen LogP contribution is -2.33. The summed E-state index contributed by atoms with van der Waals surface area (Å²) in [7, 11) is 0. The lowest BCUT2D eigenvalue weighted by molar-refractivity contribution is 0.290. The Kier molecular flexibility index (Phi) is 4.42. The normalized spacial score (nSPS) is 26.2. The predicted molar refractivity (Wildman–Crippen MR) is 72.2 cm³/mol. The smallest absolute Gasteiger partial charge is 0.00104 e. The van der Waals surface area contributed by atoms with Crippen LogP contribution in [0.25, 0.3) is 0 Å². The topological polar surface area (TPSA) is 12.0 Å². The first kappa shape index (κ1) is 12.1. The first-order valence-electron chi connectivity index (χ1n) is 6.53. The molecule has 2 heteroatoms. The molecular weight excluding hydrogens is 214 g/mol. The molecule has 1 N–H and O–H groups in total. The van der Waals surface area contributed by atoms with Crippen LogP contribution in [0.1, 0.15) is 51.0 Å². The molecule has 1 nitrogen and oxygen atoms in total. The van der Waals surface area contributed by atoms with Gasteiger partial charge in [-0.3, -0.25) is 0 Å². The standard InChI is InChI=1S/C14H23NS/c1-11(2)15-9-12-5-3-4-6-14(12)13-7-8-16-10-13/h7-8,10-12,14-15H,3-6,9H2,1-2H3. The van der Waals surface area contributed by atoms with Crippen LogP contribution in [0.4, 0.5) is 0 Å². The number of rotatable bonds is 4. The van der Waals surface area contributed by atoms with E-state index < -0.39 is 0 Å². The maximum Gasteiger partial charge on any atom is 0.00104 e. The second-order valence-electron chi connectivity index (χ2n) is 5.27. The van der Waals surface area contributed by atoms with Crippen LogP contribution in [-0.4, -0.2) is 12.6 Å². The zero-order chi connectivity index (χ0) is 11.4. The van der Waals surface area contributed by atoms with Crippen molar-refractivity contribution >= 4 is 11.3 Å². The summed E-state index contributed by atoms with van der Waals surface area (Å²) in [5.74, 6) is 1.66. The molecule has 0 spiro atoms. The maximum absolute atomic E-state index is 3.61. The third-order valence-electron chi connectivity index (χ3n) is 3.67. The average Bonchev–Trinajstić information content (AvgIpc) is 2.80. The lowest BCUT2D eigenvalue weighted by Gasteiger charge is -2.32. The van der Waals surface area contributed by atoms with Gasteiger partial charge in [-0.25, -0.2) is 0 Å². The summed E-state index contributed by atoms with van der Waals surface area (Å²) >= 11 is 1.84. The van der Waals surface area contributed by atoms with E-state index in [0.29, 0.717) is 6.04 Å². The van der Waals surface area contributed by atoms with Gasteiger partial charge in [0.15, 0.2) is 0 Å². The summed E-state index contributed by atoms with van der Waals surface area (Å²) < 4.78 is 0. The summed E-state index contributed by atoms with van der Waals surface area (Å²) in [5, 5.41) is 8.18. The summed E-state index contributed by atoms with van der Waals surface area (Å²) in [6, 6.07) is 2.94. The van der Waals surface area contributed by atoms with E-state index in [9.17, 15) is 0 Å². The third-order valence-corrected chi connectivity index (χ3v) is 4.37. The van der Waals surface area contributed by atoms with Gasteiger partial charge in [0.2, 0.25) is 0 Å². The van der Waals surface area contributed by atoms with E-state index in [1.807, 2.05) is 11.3 Å². The minimum Gasteiger partial charge on any atom is -0.314 e. The molecule has 0 radical (unpaired) electrons. The molecule has 2 unspecified atom stereocenters. The molecule has 2 atom stereocenters. The fraction of sp³-hybridized carbons (Fsp3) is 0.714. The van der Waals surface area contributed by atoms with Gasteiger partial charge in [-0.15, -0.1) is 0 Å². The molecule has 0 saturated heterocycles. The molecule has 0 aliphatic heterocycles. The third kappa shape index (κ3) is 3.08. The summed E-state index contributed by atoms with van der Waals surface area (Å²) in [4.78, 5) is 0. The van der Waals surface area contributed by atoms with Crippen LogP contribution in [-0.2, 0) is 0 Å². The molecule has 2 rings (SSSR count). The molecule has 1 fully saturated rings. The van der Waals surface area contributed by atoms with Crippen molar-refractivity contribution in [2.75, 3.05) is 6.54 Å². The Bertz CT molecular complexity index is 292. The molecule has 1 aliphatic carbocycles. The zero-order valence-corrected chi connectivity index (χ0v) is 11.2. The summed E-state index contributed by atoms with van der Waals surface area (Å²) in [6.45, 7) is 5.67. The van der Waals surface area contributed by atoms with Gasteiger partial charge in [0.25, 0.3) is 0 Å². The van der Waals surface area contributed by atoms with E-state index >= 15 is 0 Å². The highest BCUT2D eigenvalue weighted by molar-refractivity contribution is 7.07. The minimum absolute atomic E-state index is 0.616. The van der Waals surface area contributed by atoms with Gasteiger partial charge in [-0.05, 0) is 53.6 Å². The van der Waals surface area contributed by atoms with Gasteiger partial charge in [-0.2, -0.15) is 11.3 Å². The Morgan fingerprint density at radius 3 is 2.88 bits per heavy atom. The lowest BCUT2D eigenvalue weighted by atomic mass is 9.76. The molecule has 90 valence electrons. The van der Waals surface area contributed by atoms with Crippen molar-refractivity contribution in [1.29, 1.82) is 0 Å². The molecule has 0 bridgehead atoms. The van der Waals surface area contributed by atoms with Crippen molar-refractivity contribution in [3.05, 3.63) is 22.4 Å². The Morgan fingerprint density at radius 2 is 2.19 bits per heavy atom. The fourth-order valence-electron chi connectivity index (χ4n) is 2.76. The van der Waals surface area contributed by atoms with Crippen LogP contribution in [0.15, 0.2) is 16.8 Å². The Morgan fingerprint density at radius 1 is 1.38 bits per heavy atom. The van der Waals surface area contributed by atoms with Crippen LogP contribution in [0.5, 0.6) is 0 Å². The molecule has 0 aromatic carbocycles. The van der Waals surface area contributed by atoms with Crippen molar-refractivity contribution < 1.29 is 0 Å². The molecule has 1 saturated carbocycles. The second kappa shape index (κ2) is 5.83. The highest BCUT2D eigenvalue weighted by atomic mass is 32.1. The fourth-order valence-corrected chi connectivity index (χ4v) is 3.49. The summed E-state index contributed by atoms with van der Waals surface area (Å²) in [5.41, 5.74) is 1.58. The average molecular weight is 237 g/mol. The van der Waals surface area contributed by atoms with E-state index in [0.717, 1.165) is 11.8 Å². The van der Waals surface area contributed by atoms with Gasteiger partial charge < -0.3 is 5.32 Å². The molecule has 1 aromatic rings. The van der Waals surface area contributed by atoms with Crippen LogP contribution in [0.3, 0.4) is 0 Å². The molecule has 16 heavy (non-hydrogen) atoms. The van der Waals surface area contributed by atoms with Crippen LogP contribution in [0, 0.1) is 5.92 Å². The largest absolute Gasteiger partial charge is 0.314 e. The van der Waals surface area contributed by atoms with Crippen LogP contribution >= 0.6 is 11.3 Å². The van der Waals surface area contributed by atoms with Gasteiger partial charge in [0, 0.05) is 6.04 Å². The van der Waals surface area contributed by atoms with Crippen LogP contribution in [0.2, 0.25) is 0 Å². The Labute approximate surface area is 103 Å². The van der Waals surface area contributed by atoms with Crippen molar-refractivity contribution in [2.24, 2.45) is 5.92 Å². The molecular formula is C14H23NS. The van der Waals surface area contributed by atoms with Crippen molar-refractivity contribution in [1.82, 2.24) is 5.32 Å². The first-order valence-corrected chi connectivity index (χ1v) is 7.47. The SMILES string of the molecule is CC(C)NCC1CCCCC1c1ccsc1. The van der Waals surface area contributed by atoms with Crippen molar-refractivity contribution in [3.63, 3.8) is 0 Å². The Balaban J connectivity index is 1.97. The number of hydrogen-bond acceptors (Lipinski definition) is 2. The molecule has 1 heterocycles. The van der Waals surface area contributed by atoms with Gasteiger partial charge in [0.1, 0.15) is 0 Å². The quantitative estimate of drug-likeness (QED) is 0.834. The van der Waals surface area contributed by atoms with Gasteiger partial charge in [0.05, 0.1) is 0 Å². The van der Waals surface area contributed by atoms with Crippen LogP contribution < -0.4 is 5.32 Å². The van der Waals surface area contributed by atoms with E-state index in [4.69, 9.17) is 0 Å². The monoisotopic (exact) mass is 237 g/mol. The minimum atomic E-state index is 0.616. The zero-order valence-electron chi connectivity index (χ0n) is 10.4. The second-order valence-corrected chi connectivity index (χ2v) is 6.05. The van der Waals surface area contributed by atoms with E-state index in [1.165, 1.54) is 32.2 Å². The molecule has 0 amide bonds. The first-order chi connectivity index (χ1) is 7.77. The number of thiophene rings is 1. The van der Waals surface area contributed by atoms with E-state index in [2.05, 4.69) is 36.0 Å². The predicted octanol–water partition coefficient (Wildman–Crippen LogP) is 4.02. The Hall–Kier alpha value is -0.340. The summed E-state index contributed by atoms with van der Waals surface area (Å²) in [6.07, 6.45) is 5.63. The van der Waals surface area contributed by atoms with Gasteiger partial charge >= 0.3 is 0 Å². The van der Waals surface area contributed by atoms with E-state index in [1.54, 1.807) is 5.56 Å². The molecule has 1 aromatic heterocycles. The number of nitrogens with one attached hydrogen (secondary N) is 1. The maximum atomic E-state index is 3.61. The van der Waals surface area contributed by atoms with Crippen molar-refractivity contribution in [2.45, 2.75) is 51.5 Å². The number of hydrogen-bond donors (Lipinski definition) is 1. The van der Waals surface area contributed by atoms with Crippen molar-refractivity contribution in [3.8, 4) is 0 Å². The highest BCUT2D eigenvalue weighted by Crippen LogP contribution is 2.38. The molecule has 1 aliphatic rings. The van der Waals surface area contributed by atoms with E-state index in [-0.39, 0.29) is 0 Å².